The van der Waals surface area contributed by atoms with Gasteiger partial charge >= 0.3 is 0 Å². The van der Waals surface area contributed by atoms with Crippen molar-refractivity contribution in [1.82, 2.24) is 0 Å². The molecular formula is C11H10BrClF2. The number of hydrogen-bond acceptors (Lipinski definition) is 0. The minimum atomic E-state index is -2.28. The molecule has 0 radical (unpaired) electrons. The van der Waals surface area contributed by atoms with Crippen LogP contribution in [0.3, 0.4) is 0 Å². The molecule has 1 aliphatic carbocycles. The monoisotopic (exact) mass is 294 g/mol. The van der Waals surface area contributed by atoms with E-state index in [0.29, 0.717) is 23.2 Å². The molecule has 0 atom stereocenters. The fourth-order valence-corrected chi connectivity index (χ4v) is 2.56. The second-order valence-corrected chi connectivity index (χ2v) is 4.89. The van der Waals surface area contributed by atoms with Gasteiger partial charge < -0.3 is 0 Å². The number of hydrogen-bond donors (Lipinski definition) is 0. The first kappa shape index (κ1) is 11.3. The Labute approximate surface area is 101 Å². The summed E-state index contributed by atoms with van der Waals surface area (Å²) < 4.78 is 25.9. The molecule has 0 N–H and O–H groups in total. The lowest BCUT2D eigenvalue weighted by molar-refractivity contribution is 0.101. The highest BCUT2D eigenvalue weighted by atomic mass is 79.9. The number of rotatable bonds is 3. The molecule has 1 saturated carbocycles. The topological polar surface area (TPSA) is 0 Å². The minimum absolute atomic E-state index is 0.567. The molecule has 4 heteroatoms. The molecular weight excluding hydrogens is 285 g/mol. The Morgan fingerprint density at radius 3 is 2.53 bits per heavy atom. The normalized spacial score (nSPS) is 18.2. The van der Waals surface area contributed by atoms with Crippen LogP contribution >= 0.6 is 27.5 Å². The lowest BCUT2D eigenvalue weighted by atomic mass is 9.92. The quantitative estimate of drug-likeness (QED) is 0.719. The summed E-state index contributed by atoms with van der Waals surface area (Å²) in [4.78, 5) is 0. The van der Waals surface area contributed by atoms with Crippen LogP contribution in [0.4, 0.5) is 8.78 Å². The van der Waals surface area contributed by atoms with Gasteiger partial charge in [-0.2, -0.15) is 0 Å². The fraction of sp³-hybridized carbons (Fsp3) is 0.455. The molecule has 0 amide bonds. The van der Waals surface area contributed by atoms with E-state index in [2.05, 4.69) is 15.9 Å². The summed E-state index contributed by atoms with van der Waals surface area (Å²) in [6.07, 6.45) is -1.13. The van der Waals surface area contributed by atoms with Crippen LogP contribution < -0.4 is 0 Å². The van der Waals surface area contributed by atoms with E-state index in [1.807, 2.05) is 0 Å². The van der Waals surface area contributed by atoms with Crippen molar-refractivity contribution in [2.45, 2.75) is 30.0 Å². The van der Waals surface area contributed by atoms with Gasteiger partial charge in [-0.1, -0.05) is 33.6 Å². The van der Waals surface area contributed by atoms with Crippen LogP contribution in [0.1, 0.15) is 24.0 Å². The van der Waals surface area contributed by atoms with Gasteiger partial charge in [-0.05, 0) is 36.1 Å². The summed E-state index contributed by atoms with van der Waals surface area (Å²) in [6, 6.07) is 5.18. The summed E-state index contributed by atoms with van der Waals surface area (Å²) in [6.45, 7) is 0. The third kappa shape index (κ3) is 1.92. The Balaban J connectivity index is 2.44. The molecule has 1 fully saturated rings. The highest BCUT2D eigenvalue weighted by Crippen LogP contribution is 2.54. The van der Waals surface area contributed by atoms with Crippen molar-refractivity contribution in [3.63, 3.8) is 0 Å². The standard InChI is InChI=1S/C11H10BrClF2/c12-6-7-5-8(13)1-2-9(7)11(3-4-11)10(14)15/h1-2,5,10H,3-4,6H2. The van der Waals surface area contributed by atoms with Crippen molar-refractivity contribution >= 4 is 27.5 Å². The first-order chi connectivity index (χ1) is 7.10. The Morgan fingerprint density at radius 1 is 1.40 bits per heavy atom. The van der Waals surface area contributed by atoms with Crippen LogP contribution in [0.5, 0.6) is 0 Å². The van der Waals surface area contributed by atoms with E-state index in [9.17, 15) is 8.78 Å². The van der Waals surface area contributed by atoms with E-state index in [4.69, 9.17) is 11.6 Å². The molecule has 1 aliphatic rings. The second kappa shape index (κ2) is 4.02. The minimum Gasteiger partial charge on any atom is -0.210 e. The summed E-state index contributed by atoms with van der Waals surface area (Å²) in [5, 5.41) is 1.16. The number of alkyl halides is 3. The molecule has 0 saturated heterocycles. The van der Waals surface area contributed by atoms with Gasteiger partial charge in [0, 0.05) is 10.4 Å². The lowest BCUT2D eigenvalue weighted by Gasteiger charge is -2.18. The van der Waals surface area contributed by atoms with Crippen LogP contribution in [0, 0.1) is 0 Å². The molecule has 1 aromatic rings. The Morgan fingerprint density at radius 2 is 2.07 bits per heavy atom. The van der Waals surface area contributed by atoms with Crippen molar-refractivity contribution in [3.05, 3.63) is 34.3 Å². The van der Waals surface area contributed by atoms with E-state index in [-0.39, 0.29) is 0 Å². The predicted octanol–water partition coefficient (Wildman–Crippen LogP) is 4.53. The fourth-order valence-electron chi connectivity index (χ4n) is 1.90. The summed E-state index contributed by atoms with van der Waals surface area (Å²) in [5.41, 5.74) is 0.729. The molecule has 0 aliphatic heterocycles. The zero-order valence-electron chi connectivity index (χ0n) is 7.94. The van der Waals surface area contributed by atoms with E-state index >= 15 is 0 Å². The van der Waals surface area contributed by atoms with Crippen molar-refractivity contribution in [2.75, 3.05) is 0 Å². The maximum Gasteiger partial charge on any atom is 0.248 e. The molecule has 0 heterocycles. The second-order valence-electron chi connectivity index (χ2n) is 3.89. The molecule has 0 spiro atoms. The maximum absolute atomic E-state index is 12.9. The zero-order chi connectivity index (χ0) is 11.1. The summed E-state index contributed by atoms with van der Waals surface area (Å²) >= 11 is 9.15. The summed E-state index contributed by atoms with van der Waals surface area (Å²) in [5.74, 6) is 0. The molecule has 0 nitrogen and oxygen atoms in total. The maximum atomic E-state index is 12.9. The van der Waals surface area contributed by atoms with Gasteiger partial charge in [0.1, 0.15) is 0 Å². The van der Waals surface area contributed by atoms with Crippen molar-refractivity contribution in [2.24, 2.45) is 0 Å². The Kier molecular flexibility index (Phi) is 3.04. The van der Waals surface area contributed by atoms with Crippen LogP contribution in [-0.4, -0.2) is 6.43 Å². The summed E-state index contributed by atoms with van der Waals surface area (Å²) in [7, 11) is 0. The Bertz CT molecular complexity index is 375. The van der Waals surface area contributed by atoms with Gasteiger partial charge in [0.25, 0.3) is 0 Å². The molecule has 2 rings (SSSR count). The van der Waals surface area contributed by atoms with Crippen LogP contribution in [0.2, 0.25) is 5.02 Å². The highest BCUT2D eigenvalue weighted by Gasteiger charge is 2.53. The van der Waals surface area contributed by atoms with E-state index in [1.165, 1.54) is 0 Å². The lowest BCUT2D eigenvalue weighted by Crippen LogP contribution is -2.19. The predicted molar refractivity (Wildman–Crippen MR) is 61.0 cm³/mol. The molecule has 0 bridgehead atoms. The van der Waals surface area contributed by atoms with E-state index < -0.39 is 11.8 Å². The van der Waals surface area contributed by atoms with Gasteiger partial charge in [0.05, 0.1) is 5.41 Å². The SMILES string of the molecule is FC(F)C1(c2ccc(Cl)cc2CBr)CC1. The van der Waals surface area contributed by atoms with Gasteiger partial charge in [0.15, 0.2) is 0 Å². The first-order valence-corrected chi connectivity index (χ1v) is 6.23. The average molecular weight is 296 g/mol. The third-order valence-electron chi connectivity index (χ3n) is 2.95. The molecule has 1 aromatic carbocycles. The number of halogens is 4. The van der Waals surface area contributed by atoms with Gasteiger partial charge in [-0.25, -0.2) is 8.78 Å². The van der Waals surface area contributed by atoms with E-state index in [1.54, 1.807) is 18.2 Å². The first-order valence-electron chi connectivity index (χ1n) is 4.73. The largest absolute Gasteiger partial charge is 0.248 e. The van der Waals surface area contributed by atoms with Gasteiger partial charge in [-0.3, -0.25) is 0 Å². The third-order valence-corrected chi connectivity index (χ3v) is 3.79. The molecule has 0 aromatic heterocycles. The van der Waals surface area contributed by atoms with Gasteiger partial charge in [-0.15, -0.1) is 0 Å². The van der Waals surface area contributed by atoms with Crippen LogP contribution in [-0.2, 0) is 10.7 Å². The van der Waals surface area contributed by atoms with Crippen molar-refractivity contribution in [3.8, 4) is 0 Å². The van der Waals surface area contributed by atoms with Crippen LogP contribution in [0.15, 0.2) is 18.2 Å². The number of benzene rings is 1. The molecule has 15 heavy (non-hydrogen) atoms. The smallest absolute Gasteiger partial charge is 0.210 e. The average Bonchev–Trinajstić information content (AvgIpc) is 2.98. The van der Waals surface area contributed by atoms with Crippen molar-refractivity contribution < 1.29 is 8.78 Å². The zero-order valence-corrected chi connectivity index (χ0v) is 10.3. The van der Waals surface area contributed by atoms with Gasteiger partial charge in [0.2, 0.25) is 6.43 Å². The molecule has 82 valence electrons. The van der Waals surface area contributed by atoms with Crippen LogP contribution in [0.25, 0.3) is 0 Å². The molecule has 0 unspecified atom stereocenters. The Hall–Kier alpha value is -0.150. The van der Waals surface area contributed by atoms with E-state index in [0.717, 1.165) is 11.1 Å². The van der Waals surface area contributed by atoms with Crippen molar-refractivity contribution in [1.29, 1.82) is 0 Å². The highest BCUT2D eigenvalue weighted by molar-refractivity contribution is 9.08.